The number of anilines is 1. The number of fused-ring (bicyclic) bond motifs is 3. The molecule has 5 aromatic rings. The number of ether oxygens (including phenoxy) is 3. The van der Waals surface area contributed by atoms with Crippen LogP contribution in [0.1, 0.15) is 65.3 Å². The zero-order valence-corrected chi connectivity index (χ0v) is 39.2. The molecule has 5 heterocycles. The van der Waals surface area contributed by atoms with Crippen molar-refractivity contribution < 1.29 is 57.9 Å². The molecule has 0 bridgehead atoms. The smallest absolute Gasteiger partial charge is 0.319 e. The molecule has 0 spiro atoms. The number of piperazine rings is 1. The number of piperidine rings is 2. The highest BCUT2D eigenvalue weighted by Gasteiger charge is 2.45. The van der Waals surface area contributed by atoms with Gasteiger partial charge >= 0.3 is 6.01 Å². The van der Waals surface area contributed by atoms with Crippen molar-refractivity contribution in [2.75, 3.05) is 70.5 Å². The van der Waals surface area contributed by atoms with Gasteiger partial charge in [-0.3, -0.25) is 39.1 Å². The summed E-state index contributed by atoms with van der Waals surface area (Å²) in [5.41, 5.74) is 1.65. The molecule has 0 radical (unpaired) electrons. The van der Waals surface area contributed by atoms with Crippen LogP contribution in [0.5, 0.6) is 11.8 Å². The van der Waals surface area contributed by atoms with Crippen LogP contribution < -0.4 is 15.0 Å². The van der Waals surface area contributed by atoms with Gasteiger partial charge in [0.2, 0.25) is 18.1 Å². The molecule has 2 atom stereocenters. The standard InChI is InChI=1S/C50H53ClFN7O11/c1-28(27-56-15-13-32(14-16-56)69-23-22-68-21-5-8-29-7-4-10-34-40(29)47(64)59(46(34)63)38-11-12-39(61)53-45(38)62)70-50-54-43-36(44(55-50)57-17-19-58(20-18-57)48(65)49(66)67)26-37(51)41(42(43)52)35-25-31(60)24-30-6-2-3-9-33(30)35/h2-4,6-7,9-10,24-26,28,32,38,49,60,66-67H,5,8,11-23,27H2,1H3,(H,53,61,62)/t28-,38?/m1/s1. The number of imide groups is 2. The summed E-state index contributed by atoms with van der Waals surface area (Å²) in [4.78, 5) is 78.8. The van der Waals surface area contributed by atoms with E-state index in [9.17, 15) is 39.3 Å². The highest BCUT2D eigenvalue weighted by molar-refractivity contribution is 6.35. The first-order chi connectivity index (χ1) is 33.7. The summed E-state index contributed by atoms with van der Waals surface area (Å²) in [6, 6.07) is 16.0. The minimum Gasteiger partial charge on any atom is -0.508 e. The Hall–Kier alpha value is -6.35. The van der Waals surface area contributed by atoms with Crippen LogP contribution in [-0.2, 0) is 30.3 Å². The van der Waals surface area contributed by atoms with Gasteiger partial charge < -0.3 is 39.3 Å². The molecular weight excluding hydrogens is 929 g/mol. The number of hydrogen-bond acceptors (Lipinski definition) is 15. The van der Waals surface area contributed by atoms with Crippen LogP contribution >= 0.6 is 11.6 Å². The Kier molecular flexibility index (Phi) is 14.6. The van der Waals surface area contributed by atoms with E-state index < -0.39 is 53.8 Å². The molecule has 18 nitrogen and oxygen atoms in total. The SMILES string of the molecule is C[C@H](CN1CCC(OCCOCCCc2cccc3c2C(=O)N(C2CCC(=O)NC2=O)C3=O)CC1)Oc1nc(N2CCN(C(=O)C(O)O)CC2)c2cc(Cl)c(-c3cc(O)cc4ccccc34)c(F)c2n1. The van der Waals surface area contributed by atoms with Crippen LogP contribution in [0.15, 0.2) is 60.7 Å². The molecule has 4 aromatic carbocycles. The Balaban J connectivity index is 0.783. The zero-order chi connectivity index (χ0) is 49.2. The fraction of sp³-hybridized carbons (Fsp3) is 0.420. The summed E-state index contributed by atoms with van der Waals surface area (Å²) in [7, 11) is 0. The van der Waals surface area contributed by atoms with Crippen molar-refractivity contribution in [3.63, 3.8) is 0 Å². The van der Waals surface area contributed by atoms with E-state index in [1.807, 2.05) is 36.1 Å². The van der Waals surface area contributed by atoms with Gasteiger partial charge in [-0.25, -0.2) is 4.39 Å². The molecule has 1 unspecified atom stereocenters. The van der Waals surface area contributed by atoms with Crippen molar-refractivity contribution in [1.82, 2.24) is 30.0 Å². The number of nitrogens with zero attached hydrogens (tertiary/aromatic N) is 6. The van der Waals surface area contributed by atoms with Crippen molar-refractivity contribution >= 4 is 68.6 Å². The van der Waals surface area contributed by atoms with Crippen LogP contribution in [0.4, 0.5) is 10.2 Å². The minimum absolute atomic E-state index is 0.0364. The first kappa shape index (κ1) is 48.7. The van der Waals surface area contributed by atoms with Crippen molar-refractivity contribution in [2.24, 2.45) is 0 Å². The lowest BCUT2D eigenvalue weighted by Crippen LogP contribution is -2.54. The van der Waals surface area contributed by atoms with E-state index in [0.29, 0.717) is 77.9 Å². The maximum atomic E-state index is 17.1. The Bertz CT molecular complexity index is 2850. The Morgan fingerprint density at radius 3 is 2.40 bits per heavy atom. The molecule has 70 heavy (non-hydrogen) atoms. The number of carbonyl (C=O) groups is 5. The number of benzene rings is 4. The zero-order valence-electron chi connectivity index (χ0n) is 38.4. The predicted molar refractivity (Wildman–Crippen MR) is 254 cm³/mol. The van der Waals surface area contributed by atoms with E-state index in [0.717, 1.165) is 30.8 Å². The van der Waals surface area contributed by atoms with Gasteiger partial charge in [0.1, 0.15) is 29.2 Å². The molecule has 3 fully saturated rings. The summed E-state index contributed by atoms with van der Waals surface area (Å²) in [6.07, 6.45) is 0.294. The lowest BCUT2D eigenvalue weighted by Gasteiger charge is -2.36. The topological polar surface area (TPSA) is 224 Å². The third-order valence-corrected chi connectivity index (χ3v) is 13.6. The lowest BCUT2D eigenvalue weighted by atomic mass is 9.96. The molecule has 4 N–H and O–H groups in total. The highest BCUT2D eigenvalue weighted by atomic mass is 35.5. The summed E-state index contributed by atoms with van der Waals surface area (Å²) < 4.78 is 35.4. The Morgan fingerprint density at radius 1 is 0.871 bits per heavy atom. The number of aromatic hydroxyl groups is 1. The second-order valence-electron chi connectivity index (χ2n) is 18.0. The molecule has 0 saturated carbocycles. The molecular formula is C50H53ClFN7O11. The number of aliphatic hydroxyl groups excluding tert-OH is 1. The number of likely N-dealkylation sites (tertiary alicyclic amines) is 1. The van der Waals surface area contributed by atoms with Crippen LogP contribution in [-0.4, -0.2) is 160 Å². The molecule has 368 valence electrons. The van der Waals surface area contributed by atoms with E-state index in [1.165, 1.54) is 11.0 Å². The van der Waals surface area contributed by atoms with E-state index in [4.69, 9.17) is 30.8 Å². The van der Waals surface area contributed by atoms with Crippen molar-refractivity contribution in [2.45, 2.75) is 70.0 Å². The molecule has 0 aliphatic carbocycles. The summed E-state index contributed by atoms with van der Waals surface area (Å²) in [6.45, 7) is 5.91. The van der Waals surface area contributed by atoms with Crippen LogP contribution in [0.3, 0.4) is 0 Å². The number of hydrogen-bond donors (Lipinski definition) is 4. The first-order valence-electron chi connectivity index (χ1n) is 23.5. The predicted octanol–water partition coefficient (Wildman–Crippen LogP) is 4.21. The van der Waals surface area contributed by atoms with Gasteiger partial charge in [-0.15, -0.1) is 0 Å². The van der Waals surface area contributed by atoms with Gasteiger partial charge in [-0.1, -0.05) is 48.0 Å². The number of phenols is 1. The monoisotopic (exact) mass is 981 g/mol. The van der Waals surface area contributed by atoms with Crippen LogP contribution in [0.25, 0.3) is 32.8 Å². The van der Waals surface area contributed by atoms with E-state index >= 15 is 4.39 Å². The third kappa shape index (κ3) is 10.1. The number of aromatic nitrogens is 2. The molecule has 5 amide bonds. The molecule has 9 rings (SSSR count). The quantitative estimate of drug-likeness (QED) is 0.0618. The van der Waals surface area contributed by atoms with Crippen molar-refractivity contribution in [3.05, 3.63) is 88.2 Å². The number of aliphatic hydroxyl groups is 2. The van der Waals surface area contributed by atoms with E-state index in [1.54, 1.807) is 30.3 Å². The number of aryl methyl sites for hydroxylation is 1. The maximum Gasteiger partial charge on any atom is 0.319 e. The Morgan fingerprint density at radius 2 is 1.64 bits per heavy atom. The van der Waals surface area contributed by atoms with E-state index in [-0.39, 0.29) is 78.6 Å². The van der Waals surface area contributed by atoms with Crippen molar-refractivity contribution in [3.8, 4) is 22.9 Å². The largest absolute Gasteiger partial charge is 0.508 e. The number of rotatable bonds is 16. The number of carbonyl (C=O) groups excluding carboxylic acids is 5. The molecule has 1 aromatic heterocycles. The lowest BCUT2D eigenvalue weighted by molar-refractivity contribution is -0.159. The normalized spacial score (nSPS) is 18.6. The van der Waals surface area contributed by atoms with Gasteiger partial charge in [0, 0.05) is 69.8 Å². The Labute approximate surface area is 406 Å². The number of phenolic OH excluding ortho intramolecular Hbond substituents is 1. The fourth-order valence-corrected chi connectivity index (χ4v) is 10.2. The number of halogens is 2. The fourth-order valence-electron chi connectivity index (χ4n) is 9.88. The minimum atomic E-state index is -2.13. The second-order valence-corrected chi connectivity index (χ2v) is 18.4. The maximum absolute atomic E-state index is 17.1. The average Bonchev–Trinajstić information content (AvgIpc) is 3.60. The third-order valence-electron chi connectivity index (χ3n) is 13.3. The highest BCUT2D eigenvalue weighted by Crippen LogP contribution is 2.43. The van der Waals surface area contributed by atoms with Gasteiger partial charge in [0.25, 0.3) is 17.7 Å². The number of amides is 5. The summed E-state index contributed by atoms with van der Waals surface area (Å²) in [5, 5.41) is 33.6. The first-order valence-corrected chi connectivity index (χ1v) is 23.9. The van der Waals surface area contributed by atoms with Gasteiger partial charge in [0.05, 0.1) is 35.5 Å². The van der Waals surface area contributed by atoms with Gasteiger partial charge in [0.15, 0.2) is 5.82 Å². The summed E-state index contributed by atoms with van der Waals surface area (Å²) in [5.74, 6) is -3.38. The van der Waals surface area contributed by atoms with Crippen molar-refractivity contribution in [1.29, 1.82) is 0 Å². The van der Waals surface area contributed by atoms with Gasteiger partial charge in [-0.2, -0.15) is 9.97 Å². The average molecular weight is 982 g/mol. The number of nitrogens with one attached hydrogen (secondary N) is 1. The summed E-state index contributed by atoms with van der Waals surface area (Å²) >= 11 is 6.88. The second kappa shape index (κ2) is 20.9. The molecule has 3 saturated heterocycles. The molecule has 4 aliphatic rings. The van der Waals surface area contributed by atoms with Gasteiger partial charge in [-0.05, 0) is 85.2 Å². The van der Waals surface area contributed by atoms with E-state index in [2.05, 4.69) is 15.2 Å². The van der Waals surface area contributed by atoms with Crippen LogP contribution in [0.2, 0.25) is 5.02 Å². The van der Waals surface area contributed by atoms with Crippen LogP contribution in [0, 0.1) is 5.82 Å². The molecule has 4 aliphatic heterocycles. The molecule has 20 heteroatoms.